The second kappa shape index (κ2) is 4.94. The first-order chi connectivity index (χ1) is 7.29. The quantitative estimate of drug-likeness (QED) is 0.714. The smallest absolute Gasteiger partial charge is 0.238 e. The summed E-state index contributed by atoms with van der Waals surface area (Å²) in [6, 6.07) is 0.369. The first-order valence-corrected chi connectivity index (χ1v) is 6.07. The van der Waals surface area contributed by atoms with Gasteiger partial charge in [0.25, 0.3) is 0 Å². The summed E-state index contributed by atoms with van der Waals surface area (Å²) in [5.74, 6) is 0.901. The van der Waals surface area contributed by atoms with Crippen LogP contribution in [0.15, 0.2) is 0 Å². The summed E-state index contributed by atoms with van der Waals surface area (Å²) in [4.78, 5) is 11.7. The van der Waals surface area contributed by atoms with Gasteiger partial charge in [-0.3, -0.25) is 9.80 Å². The monoisotopic (exact) mass is 211 g/mol. The molecule has 2 aliphatic heterocycles. The molecule has 15 heavy (non-hydrogen) atoms. The topological polar surface area (TPSA) is 44.4 Å². The Morgan fingerprint density at radius 1 is 1.53 bits per heavy atom. The zero-order valence-electron chi connectivity index (χ0n) is 9.46. The van der Waals surface area contributed by atoms with Gasteiger partial charge in [-0.15, -0.1) is 0 Å². The lowest BCUT2D eigenvalue weighted by atomic mass is 9.99. The van der Waals surface area contributed by atoms with Crippen molar-refractivity contribution in [3.63, 3.8) is 0 Å². The molecule has 1 amide bonds. The summed E-state index contributed by atoms with van der Waals surface area (Å²) < 4.78 is 0. The van der Waals surface area contributed by atoms with Crippen LogP contribution in [0.2, 0.25) is 0 Å². The fraction of sp³-hybridized carbons (Fsp3) is 0.909. The lowest BCUT2D eigenvalue weighted by Gasteiger charge is -2.27. The third-order valence-electron chi connectivity index (χ3n) is 3.39. The first kappa shape index (κ1) is 10.9. The third kappa shape index (κ3) is 2.69. The molecule has 2 saturated heterocycles. The molecule has 0 aromatic carbocycles. The summed E-state index contributed by atoms with van der Waals surface area (Å²) in [5.41, 5.74) is 3.29. The number of amides is 1. The van der Waals surface area contributed by atoms with E-state index in [4.69, 9.17) is 0 Å². The van der Waals surface area contributed by atoms with Crippen LogP contribution in [0.5, 0.6) is 0 Å². The molecule has 4 heteroatoms. The average molecular weight is 211 g/mol. The third-order valence-corrected chi connectivity index (χ3v) is 3.39. The van der Waals surface area contributed by atoms with Crippen molar-refractivity contribution < 1.29 is 4.79 Å². The van der Waals surface area contributed by atoms with Crippen molar-refractivity contribution in [2.45, 2.75) is 38.6 Å². The van der Waals surface area contributed by atoms with Gasteiger partial charge in [0.05, 0.1) is 0 Å². The number of nitrogens with zero attached hydrogens (tertiary/aromatic N) is 1. The minimum Gasteiger partial charge on any atom is -0.316 e. The molecule has 2 N–H and O–H groups in total. The molecule has 86 valence electrons. The molecule has 2 heterocycles. The maximum atomic E-state index is 11.7. The average Bonchev–Trinajstić information content (AvgIpc) is 2.61. The number of rotatable bonds is 3. The minimum absolute atomic E-state index is 0.271. The maximum Gasteiger partial charge on any atom is 0.238 e. The van der Waals surface area contributed by atoms with Crippen molar-refractivity contribution in [3.8, 4) is 0 Å². The first-order valence-electron chi connectivity index (χ1n) is 6.07. The van der Waals surface area contributed by atoms with Gasteiger partial charge in [-0.2, -0.15) is 0 Å². The number of carbonyl (C=O) groups is 1. The molecular weight excluding hydrogens is 190 g/mol. The standard InChI is InChI=1S/C11H21N3O/c1-2-10-6-11(15)14(13-10)8-9-4-3-5-12-7-9/h9-10,12-13H,2-8H2,1H3. The van der Waals surface area contributed by atoms with Crippen LogP contribution in [0.1, 0.15) is 32.6 Å². The van der Waals surface area contributed by atoms with Crippen LogP contribution in [0.4, 0.5) is 0 Å². The van der Waals surface area contributed by atoms with Gasteiger partial charge in [0, 0.05) is 19.0 Å². The molecule has 0 bridgehead atoms. The highest BCUT2D eigenvalue weighted by Gasteiger charge is 2.29. The highest BCUT2D eigenvalue weighted by atomic mass is 16.2. The number of hydrazine groups is 1. The Morgan fingerprint density at radius 3 is 3.00 bits per heavy atom. The molecule has 2 unspecified atom stereocenters. The van der Waals surface area contributed by atoms with Gasteiger partial charge in [-0.1, -0.05) is 6.92 Å². The van der Waals surface area contributed by atoms with Gasteiger partial charge in [-0.05, 0) is 38.3 Å². The van der Waals surface area contributed by atoms with Gasteiger partial charge in [0.1, 0.15) is 0 Å². The number of nitrogens with one attached hydrogen (secondary N) is 2. The zero-order chi connectivity index (χ0) is 10.7. The largest absolute Gasteiger partial charge is 0.316 e. The molecule has 0 aliphatic carbocycles. The Balaban J connectivity index is 1.81. The van der Waals surface area contributed by atoms with E-state index in [1.54, 1.807) is 0 Å². The molecule has 2 fully saturated rings. The van der Waals surface area contributed by atoms with E-state index in [1.165, 1.54) is 12.8 Å². The number of hydrogen-bond acceptors (Lipinski definition) is 3. The van der Waals surface area contributed by atoms with Gasteiger partial charge in [-0.25, -0.2) is 5.43 Å². The molecule has 0 spiro atoms. The van der Waals surface area contributed by atoms with Gasteiger partial charge >= 0.3 is 0 Å². The normalized spacial score (nSPS) is 32.3. The molecule has 4 nitrogen and oxygen atoms in total. The van der Waals surface area contributed by atoms with E-state index < -0.39 is 0 Å². The Hall–Kier alpha value is -0.610. The van der Waals surface area contributed by atoms with E-state index in [9.17, 15) is 4.79 Å². The molecule has 2 atom stereocenters. The Morgan fingerprint density at radius 2 is 2.40 bits per heavy atom. The highest BCUT2D eigenvalue weighted by Crippen LogP contribution is 2.16. The van der Waals surface area contributed by atoms with Gasteiger partial charge in [0.2, 0.25) is 5.91 Å². The number of piperidine rings is 1. The zero-order valence-corrected chi connectivity index (χ0v) is 9.46. The summed E-state index contributed by atoms with van der Waals surface area (Å²) in [6.45, 7) is 5.19. The molecule has 0 aromatic rings. The van der Waals surface area contributed by atoms with E-state index >= 15 is 0 Å². The van der Waals surface area contributed by atoms with Crippen molar-refractivity contribution in [2.75, 3.05) is 19.6 Å². The van der Waals surface area contributed by atoms with Crippen LogP contribution < -0.4 is 10.7 Å². The summed E-state index contributed by atoms with van der Waals surface area (Å²) >= 11 is 0. The molecule has 0 aromatic heterocycles. The maximum absolute atomic E-state index is 11.7. The van der Waals surface area contributed by atoms with Crippen molar-refractivity contribution in [3.05, 3.63) is 0 Å². The van der Waals surface area contributed by atoms with E-state index in [2.05, 4.69) is 17.7 Å². The van der Waals surface area contributed by atoms with Crippen molar-refractivity contribution in [2.24, 2.45) is 5.92 Å². The van der Waals surface area contributed by atoms with Crippen LogP contribution in [-0.4, -0.2) is 36.6 Å². The van der Waals surface area contributed by atoms with Crippen molar-refractivity contribution in [1.29, 1.82) is 0 Å². The Kier molecular flexibility index (Phi) is 3.59. The van der Waals surface area contributed by atoms with Gasteiger partial charge in [0.15, 0.2) is 0 Å². The fourth-order valence-corrected chi connectivity index (χ4v) is 2.39. The highest BCUT2D eigenvalue weighted by molar-refractivity contribution is 5.78. The molecule has 2 aliphatic rings. The summed E-state index contributed by atoms with van der Waals surface area (Å²) in [5, 5.41) is 5.22. The van der Waals surface area contributed by atoms with Crippen LogP contribution in [-0.2, 0) is 4.79 Å². The lowest BCUT2D eigenvalue weighted by Crippen LogP contribution is -2.44. The van der Waals surface area contributed by atoms with Crippen molar-refractivity contribution in [1.82, 2.24) is 15.8 Å². The second-order valence-corrected chi connectivity index (χ2v) is 4.66. The van der Waals surface area contributed by atoms with E-state index in [1.807, 2.05) is 5.01 Å². The number of hydrogen-bond donors (Lipinski definition) is 2. The van der Waals surface area contributed by atoms with Gasteiger partial charge < -0.3 is 5.32 Å². The summed E-state index contributed by atoms with van der Waals surface area (Å²) in [6.07, 6.45) is 4.20. The van der Waals surface area contributed by atoms with Crippen molar-refractivity contribution >= 4 is 5.91 Å². The van der Waals surface area contributed by atoms with E-state index in [0.29, 0.717) is 18.4 Å². The summed E-state index contributed by atoms with van der Waals surface area (Å²) in [7, 11) is 0. The predicted molar refractivity (Wildman–Crippen MR) is 59.1 cm³/mol. The Labute approximate surface area is 91.4 Å². The fourth-order valence-electron chi connectivity index (χ4n) is 2.39. The van der Waals surface area contributed by atoms with Crippen LogP contribution in [0, 0.1) is 5.92 Å². The van der Waals surface area contributed by atoms with Crippen LogP contribution >= 0.6 is 0 Å². The SMILES string of the molecule is CCC1CC(=O)N(CC2CCCNC2)N1. The van der Waals surface area contributed by atoms with E-state index in [-0.39, 0.29) is 5.91 Å². The molecular formula is C11H21N3O. The predicted octanol–water partition coefficient (Wildman–Crippen LogP) is 0.501. The second-order valence-electron chi connectivity index (χ2n) is 4.66. The minimum atomic E-state index is 0.271. The lowest BCUT2D eigenvalue weighted by molar-refractivity contribution is -0.130. The molecule has 0 radical (unpaired) electrons. The molecule has 0 saturated carbocycles. The van der Waals surface area contributed by atoms with E-state index in [0.717, 1.165) is 26.1 Å². The number of carbonyl (C=O) groups excluding carboxylic acids is 1. The Bertz CT molecular complexity index is 226. The van der Waals surface area contributed by atoms with Crippen LogP contribution in [0.3, 0.4) is 0 Å². The molecule has 2 rings (SSSR count). The van der Waals surface area contributed by atoms with Crippen LogP contribution in [0.25, 0.3) is 0 Å².